The van der Waals surface area contributed by atoms with Crippen LogP contribution in [0, 0.1) is 13.8 Å². The van der Waals surface area contributed by atoms with E-state index in [1.165, 1.54) is 5.56 Å². The highest BCUT2D eigenvalue weighted by molar-refractivity contribution is 5.97. The summed E-state index contributed by atoms with van der Waals surface area (Å²) in [6, 6.07) is 9.95. The van der Waals surface area contributed by atoms with Crippen LogP contribution in [0.25, 0.3) is 11.0 Å². The predicted molar refractivity (Wildman–Crippen MR) is 90.3 cm³/mol. The lowest BCUT2D eigenvalue weighted by molar-refractivity contribution is 0.0939. The highest BCUT2D eigenvalue weighted by Gasteiger charge is 2.14. The van der Waals surface area contributed by atoms with Crippen LogP contribution >= 0.6 is 0 Å². The Morgan fingerprint density at radius 3 is 2.61 bits per heavy atom. The molecule has 5 heteroatoms. The van der Waals surface area contributed by atoms with Crippen molar-refractivity contribution in [3.05, 3.63) is 58.9 Å². The standard InChI is InChI=1S/C18H20N4O/c1-11-5-7-14(8-6-11)12(2)20-18(23)15-9-16-13(3)21-22(4)17(16)19-10-15/h5-10,12H,1-4H3,(H,20,23). The number of hydrogen-bond acceptors (Lipinski definition) is 3. The van der Waals surface area contributed by atoms with Crippen LogP contribution in [0.3, 0.4) is 0 Å². The summed E-state index contributed by atoms with van der Waals surface area (Å²) >= 11 is 0. The van der Waals surface area contributed by atoms with E-state index in [1.54, 1.807) is 10.9 Å². The molecule has 0 aliphatic heterocycles. The van der Waals surface area contributed by atoms with Gasteiger partial charge in [-0.3, -0.25) is 9.48 Å². The van der Waals surface area contributed by atoms with Crippen molar-refractivity contribution < 1.29 is 4.79 Å². The summed E-state index contributed by atoms with van der Waals surface area (Å²) in [5.41, 5.74) is 4.49. The number of aromatic nitrogens is 3. The summed E-state index contributed by atoms with van der Waals surface area (Å²) in [6.07, 6.45) is 1.60. The van der Waals surface area contributed by atoms with E-state index in [0.29, 0.717) is 5.56 Å². The second kappa shape index (κ2) is 5.83. The first kappa shape index (κ1) is 15.2. The average molecular weight is 308 g/mol. The Morgan fingerprint density at radius 2 is 1.91 bits per heavy atom. The van der Waals surface area contributed by atoms with E-state index < -0.39 is 0 Å². The number of pyridine rings is 1. The van der Waals surface area contributed by atoms with Gasteiger partial charge in [0.2, 0.25) is 0 Å². The predicted octanol–water partition coefficient (Wildman–Crippen LogP) is 3.08. The summed E-state index contributed by atoms with van der Waals surface area (Å²) in [5.74, 6) is -0.129. The number of carbonyl (C=O) groups excluding carboxylic acids is 1. The first-order chi connectivity index (χ1) is 11.0. The number of aryl methyl sites for hydroxylation is 3. The lowest BCUT2D eigenvalue weighted by atomic mass is 10.1. The fraction of sp³-hybridized carbons (Fsp3) is 0.278. The molecule has 0 radical (unpaired) electrons. The van der Waals surface area contributed by atoms with Crippen LogP contribution < -0.4 is 5.32 Å². The van der Waals surface area contributed by atoms with Gasteiger partial charge in [-0.25, -0.2) is 4.98 Å². The van der Waals surface area contributed by atoms with Crippen LogP contribution in [-0.4, -0.2) is 20.7 Å². The molecule has 3 aromatic rings. The first-order valence-corrected chi connectivity index (χ1v) is 7.62. The zero-order valence-corrected chi connectivity index (χ0v) is 13.8. The number of amides is 1. The van der Waals surface area contributed by atoms with Crippen molar-refractivity contribution in [3.8, 4) is 0 Å². The Morgan fingerprint density at radius 1 is 1.22 bits per heavy atom. The molecule has 0 fully saturated rings. The van der Waals surface area contributed by atoms with E-state index in [1.807, 2.05) is 58.2 Å². The Balaban J connectivity index is 1.82. The maximum Gasteiger partial charge on any atom is 0.253 e. The lowest BCUT2D eigenvalue weighted by Gasteiger charge is -2.14. The van der Waals surface area contributed by atoms with Gasteiger partial charge in [0.25, 0.3) is 5.91 Å². The number of hydrogen-bond donors (Lipinski definition) is 1. The van der Waals surface area contributed by atoms with Gasteiger partial charge in [0.15, 0.2) is 5.65 Å². The number of rotatable bonds is 3. The molecular weight excluding hydrogens is 288 g/mol. The average Bonchev–Trinajstić information content (AvgIpc) is 2.82. The van der Waals surface area contributed by atoms with E-state index >= 15 is 0 Å². The van der Waals surface area contributed by atoms with Crippen molar-refractivity contribution in [2.75, 3.05) is 0 Å². The molecule has 0 spiro atoms. The zero-order valence-electron chi connectivity index (χ0n) is 13.8. The highest BCUT2D eigenvalue weighted by atomic mass is 16.1. The molecule has 1 atom stereocenters. The van der Waals surface area contributed by atoms with Crippen molar-refractivity contribution >= 4 is 16.9 Å². The molecule has 23 heavy (non-hydrogen) atoms. The van der Waals surface area contributed by atoms with E-state index in [9.17, 15) is 4.79 Å². The fourth-order valence-electron chi connectivity index (χ4n) is 2.65. The van der Waals surface area contributed by atoms with Gasteiger partial charge in [-0.15, -0.1) is 0 Å². The molecule has 118 valence electrons. The largest absolute Gasteiger partial charge is 0.345 e. The second-order valence-electron chi connectivity index (χ2n) is 5.91. The van der Waals surface area contributed by atoms with Gasteiger partial charge in [-0.1, -0.05) is 29.8 Å². The summed E-state index contributed by atoms with van der Waals surface area (Å²) in [4.78, 5) is 16.8. The van der Waals surface area contributed by atoms with Crippen LogP contribution in [0.2, 0.25) is 0 Å². The molecule has 3 rings (SSSR count). The highest BCUT2D eigenvalue weighted by Crippen LogP contribution is 2.18. The Labute approximate surface area is 135 Å². The third kappa shape index (κ3) is 2.95. The summed E-state index contributed by atoms with van der Waals surface area (Å²) in [6.45, 7) is 5.94. The molecule has 1 N–H and O–H groups in total. The quantitative estimate of drug-likeness (QED) is 0.809. The fourth-order valence-corrected chi connectivity index (χ4v) is 2.65. The van der Waals surface area contributed by atoms with Crippen LogP contribution in [0.5, 0.6) is 0 Å². The molecule has 0 aliphatic rings. The molecule has 2 heterocycles. The first-order valence-electron chi connectivity index (χ1n) is 7.62. The number of fused-ring (bicyclic) bond motifs is 1. The van der Waals surface area contributed by atoms with Gasteiger partial charge < -0.3 is 5.32 Å². The SMILES string of the molecule is Cc1ccc(C(C)NC(=O)c2cnc3c(c2)c(C)nn3C)cc1. The van der Waals surface area contributed by atoms with Gasteiger partial charge in [-0.05, 0) is 32.4 Å². The molecule has 2 aromatic heterocycles. The van der Waals surface area contributed by atoms with Crippen molar-refractivity contribution in [2.24, 2.45) is 7.05 Å². The maximum atomic E-state index is 12.5. The Bertz CT molecular complexity index is 865. The molecule has 5 nitrogen and oxygen atoms in total. The summed E-state index contributed by atoms with van der Waals surface area (Å²) < 4.78 is 1.72. The van der Waals surface area contributed by atoms with Crippen LogP contribution in [0.15, 0.2) is 36.5 Å². The lowest BCUT2D eigenvalue weighted by Crippen LogP contribution is -2.26. The Kier molecular flexibility index (Phi) is 3.86. The monoisotopic (exact) mass is 308 g/mol. The van der Waals surface area contributed by atoms with Gasteiger partial charge in [0, 0.05) is 18.6 Å². The van der Waals surface area contributed by atoms with Gasteiger partial charge in [0.05, 0.1) is 17.3 Å². The molecule has 0 aliphatic carbocycles. The van der Waals surface area contributed by atoms with E-state index in [-0.39, 0.29) is 11.9 Å². The van der Waals surface area contributed by atoms with Crippen LogP contribution in [-0.2, 0) is 7.05 Å². The zero-order chi connectivity index (χ0) is 16.6. The van der Waals surface area contributed by atoms with Gasteiger partial charge >= 0.3 is 0 Å². The van der Waals surface area contributed by atoms with Gasteiger partial charge in [0.1, 0.15) is 0 Å². The molecule has 0 bridgehead atoms. The maximum absolute atomic E-state index is 12.5. The molecule has 1 amide bonds. The van der Waals surface area contributed by atoms with E-state index in [2.05, 4.69) is 15.4 Å². The molecule has 1 aromatic carbocycles. The molecule has 0 saturated heterocycles. The van der Waals surface area contributed by atoms with Crippen LogP contribution in [0.1, 0.15) is 40.1 Å². The van der Waals surface area contributed by atoms with E-state index in [0.717, 1.165) is 22.3 Å². The smallest absolute Gasteiger partial charge is 0.253 e. The topological polar surface area (TPSA) is 59.8 Å². The van der Waals surface area contributed by atoms with E-state index in [4.69, 9.17) is 0 Å². The number of benzene rings is 1. The molecule has 0 saturated carbocycles. The number of carbonyl (C=O) groups is 1. The van der Waals surface area contributed by atoms with Gasteiger partial charge in [-0.2, -0.15) is 5.10 Å². The molecule has 1 unspecified atom stereocenters. The number of nitrogens with one attached hydrogen (secondary N) is 1. The molecular formula is C18H20N4O. The van der Waals surface area contributed by atoms with Crippen LogP contribution in [0.4, 0.5) is 0 Å². The third-order valence-corrected chi connectivity index (χ3v) is 4.05. The summed E-state index contributed by atoms with van der Waals surface area (Å²) in [7, 11) is 1.85. The minimum Gasteiger partial charge on any atom is -0.345 e. The van der Waals surface area contributed by atoms with Crippen molar-refractivity contribution in [1.29, 1.82) is 0 Å². The van der Waals surface area contributed by atoms with Crippen molar-refractivity contribution in [2.45, 2.75) is 26.8 Å². The normalized spacial score (nSPS) is 12.3. The Hall–Kier alpha value is -2.69. The third-order valence-electron chi connectivity index (χ3n) is 4.05. The number of nitrogens with zero attached hydrogens (tertiary/aromatic N) is 3. The minimum atomic E-state index is -0.129. The summed E-state index contributed by atoms with van der Waals surface area (Å²) in [5, 5.41) is 8.25. The minimum absolute atomic E-state index is 0.0613. The van der Waals surface area contributed by atoms with Crippen molar-refractivity contribution in [3.63, 3.8) is 0 Å². The second-order valence-corrected chi connectivity index (χ2v) is 5.91. The van der Waals surface area contributed by atoms with Crippen molar-refractivity contribution in [1.82, 2.24) is 20.1 Å².